The van der Waals surface area contributed by atoms with Crippen LogP contribution in [-0.4, -0.2) is 48.0 Å². The molecule has 0 bridgehead atoms. The second-order valence-electron chi connectivity index (χ2n) is 7.28. The molecule has 2 amide bonds. The number of benzene rings is 3. The van der Waals surface area contributed by atoms with E-state index in [-0.39, 0.29) is 11.7 Å². The third-order valence-corrected chi connectivity index (χ3v) is 5.27. The van der Waals surface area contributed by atoms with Crippen LogP contribution in [0.3, 0.4) is 0 Å². The molecule has 0 radical (unpaired) electrons. The summed E-state index contributed by atoms with van der Waals surface area (Å²) < 4.78 is 5.76. The number of aromatic hydroxyl groups is 1. The van der Waals surface area contributed by atoms with Crippen LogP contribution >= 0.6 is 0 Å². The highest BCUT2D eigenvalue weighted by molar-refractivity contribution is 5.94. The van der Waals surface area contributed by atoms with Crippen LogP contribution in [0.1, 0.15) is 20.7 Å². The molecule has 3 aromatic rings. The molecule has 4 rings (SSSR count). The summed E-state index contributed by atoms with van der Waals surface area (Å²) >= 11 is 0. The molecule has 3 N–H and O–H groups in total. The summed E-state index contributed by atoms with van der Waals surface area (Å²) in [5.41, 5.74) is 7.03. The summed E-state index contributed by atoms with van der Waals surface area (Å²) in [5, 5.41) is 10.0. The number of nitrogens with zero attached hydrogens (tertiary/aromatic N) is 2. The highest BCUT2D eigenvalue weighted by Crippen LogP contribution is 2.28. The fraction of sp³-hybridized carbons (Fsp3) is 0.167. The number of primary amides is 1. The minimum atomic E-state index is -0.490. The molecule has 0 saturated carbocycles. The Hall–Kier alpha value is -4.00. The lowest BCUT2D eigenvalue weighted by Gasteiger charge is -2.36. The van der Waals surface area contributed by atoms with Crippen molar-refractivity contribution in [3.63, 3.8) is 0 Å². The van der Waals surface area contributed by atoms with E-state index in [4.69, 9.17) is 10.5 Å². The average Bonchev–Trinajstić information content (AvgIpc) is 2.80. The monoisotopic (exact) mass is 417 g/mol. The molecule has 1 fully saturated rings. The Kier molecular flexibility index (Phi) is 5.75. The number of para-hydroxylation sites is 2. The third kappa shape index (κ3) is 4.61. The van der Waals surface area contributed by atoms with Crippen LogP contribution in [0.15, 0.2) is 72.8 Å². The second kappa shape index (κ2) is 8.79. The highest BCUT2D eigenvalue weighted by Gasteiger charge is 2.23. The van der Waals surface area contributed by atoms with Crippen molar-refractivity contribution in [2.75, 3.05) is 31.1 Å². The number of phenols is 1. The quantitative estimate of drug-likeness (QED) is 0.664. The molecule has 0 atom stereocenters. The molecule has 1 aliphatic heterocycles. The molecule has 1 heterocycles. The number of carbonyl (C=O) groups is 2. The summed E-state index contributed by atoms with van der Waals surface area (Å²) in [6.07, 6.45) is 0. The lowest BCUT2D eigenvalue weighted by molar-refractivity contribution is 0.0746. The zero-order valence-electron chi connectivity index (χ0n) is 16.9. The summed E-state index contributed by atoms with van der Waals surface area (Å²) in [6.45, 7) is 2.48. The van der Waals surface area contributed by atoms with Gasteiger partial charge in [-0.15, -0.1) is 0 Å². The van der Waals surface area contributed by atoms with E-state index >= 15 is 0 Å². The third-order valence-electron chi connectivity index (χ3n) is 5.27. The van der Waals surface area contributed by atoms with E-state index in [2.05, 4.69) is 4.90 Å². The number of ether oxygens (including phenoxy) is 1. The Morgan fingerprint density at radius 1 is 0.774 bits per heavy atom. The molecule has 3 aromatic carbocycles. The summed E-state index contributed by atoms with van der Waals surface area (Å²) in [7, 11) is 0. The van der Waals surface area contributed by atoms with Gasteiger partial charge in [-0.1, -0.05) is 12.1 Å². The normalized spacial score (nSPS) is 13.7. The van der Waals surface area contributed by atoms with E-state index in [0.29, 0.717) is 48.8 Å². The van der Waals surface area contributed by atoms with Gasteiger partial charge in [0.05, 0.1) is 5.69 Å². The van der Waals surface area contributed by atoms with Crippen LogP contribution < -0.4 is 15.4 Å². The molecule has 7 heteroatoms. The van der Waals surface area contributed by atoms with Crippen LogP contribution in [0.25, 0.3) is 0 Å². The van der Waals surface area contributed by atoms with Crippen LogP contribution in [0, 0.1) is 0 Å². The van der Waals surface area contributed by atoms with Crippen molar-refractivity contribution in [2.24, 2.45) is 5.73 Å². The molecular weight excluding hydrogens is 394 g/mol. The van der Waals surface area contributed by atoms with Crippen LogP contribution in [0.2, 0.25) is 0 Å². The minimum absolute atomic E-state index is 0.0331. The molecule has 0 spiro atoms. The van der Waals surface area contributed by atoms with Gasteiger partial charge in [-0.05, 0) is 60.7 Å². The highest BCUT2D eigenvalue weighted by atomic mass is 16.5. The van der Waals surface area contributed by atoms with E-state index < -0.39 is 5.91 Å². The van der Waals surface area contributed by atoms with Gasteiger partial charge in [0.2, 0.25) is 5.91 Å². The zero-order valence-corrected chi connectivity index (χ0v) is 16.9. The molecular formula is C24H23N3O4. The number of hydrogen-bond acceptors (Lipinski definition) is 5. The molecule has 7 nitrogen and oxygen atoms in total. The van der Waals surface area contributed by atoms with Gasteiger partial charge in [0, 0.05) is 37.3 Å². The van der Waals surface area contributed by atoms with E-state index in [1.54, 1.807) is 60.7 Å². The molecule has 0 unspecified atom stereocenters. The van der Waals surface area contributed by atoms with Crippen molar-refractivity contribution in [3.05, 3.63) is 83.9 Å². The maximum atomic E-state index is 12.9. The van der Waals surface area contributed by atoms with E-state index in [9.17, 15) is 14.7 Å². The number of anilines is 1. The molecule has 0 aliphatic carbocycles. The largest absolute Gasteiger partial charge is 0.506 e. The minimum Gasteiger partial charge on any atom is -0.506 e. The van der Waals surface area contributed by atoms with Gasteiger partial charge in [0.1, 0.15) is 17.2 Å². The Morgan fingerprint density at radius 2 is 1.32 bits per heavy atom. The van der Waals surface area contributed by atoms with Crippen LogP contribution in [0.4, 0.5) is 5.69 Å². The fourth-order valence-electron chi connectivity index (χ4n) is 3.55. The van der Waals surface area contributed by atoms with Gasteiger partial charge in [0.15, 0.2) is 0 Å². The molecule has 158 valence electrons. The van der Waals surface area contributed by atoms with Gasteiger partial charge >= 0.3 is 0 Å². The van der Waals surface area contributed by atoms with Crippen molar-refractivity contribution >= 4 is 17.5 Å². The van der Waals surface area contributed by atoms with Crippen LogP contribution in [-0.2, 0) is 0 Å². The summed E-state index contributed by atoms with van der Waals surface area (Å²) in [4.78, 5) is 27.9. The molecule has 1 aliphatic rings. The lowest BCUT2D eigenvalue weighted by atomic mass is 10.1. The Labute approximate surface area is 180 Å². The maximum absolute atomic E-state index is 12.9. The fourth-order valence-corrected chi connectivity index (χ4v) is 3.55. The van der Waals surface area contributed by atoms with Crippen molar-refractivity contribution < 1.29 is 19.4 Å². The molecule has 31 heavy (non-hydrogen) atoms. The number of nitrogens with two attached hydrogens (primary N) is 1. The lowest BCUT2D eigenvalue weighted by Crippen LogP contribution is -2.48. The van der Waals surface area contributed by atoms with Gasteiger partial charge < -0.3 is 25.4 Å². The Morgan fingerprint density at radius 3 is 1.87 bits per heavy atom. The molecule has 1 saturated heterocycles. The number of carbonyl (C=O) groups excluding carboxylic acids is 2. The predicted molar refractivity (Wildman–Crippen MR) is 118 cm³/mol. The number of amides is 2. The first-order valence-electron chi connectivity index (χ1n) is 10.0. The van der Waals surface area contributed by atoms with E-state index in [0.717, 1.165) is 5.69 Å². The predicted octanol–water partition coefficient (Wildman–Crippen LogP) is 3.25. The number of piperazine rings is 1. The van der Waals surface area contributed by atoms with Gasteiger partial charge in [-0.2, -0.15) is 0 Å². The smallest absolute Gasteiger partial charge is 0.253 e. The maximum Gasteiger partial charge on any atom is 0.253 e. The first-order chi connectivity index (χ1) is 15.0. The van der Waals surface area contributed by atoms with Crippen LogP contribution in [0.5, 0.6) is 17.2 Å². The standard InChI is InChI=1S/C24H23N3O4/c25-23(29)17-5-9-19(10-6-17)31-20-11-7-18(8-12-20)24(30)27-15-13-26(14-16-27)21-3-1-2-4-22(21)28/h1-12,28H,13-16H2,(H2,25,29). The van der Waals surface area contributed by atoms with Crippen molar-refractivity contribution in [3.8, 4) is 17.2 Å². The number of rotatable bonds is 5. The zero-order chi connectivity index (χ0) is 21.8. The number of phenolic OH excluding ortho intramolecular Hbond substituents is 1. The van der Waals surface area contributed by atoms with Gasteiger partial charge in [-0.3, -0.25) is 9.59 Å². The summed E-state index contributed by atoms with van der Waals surface area (Å²) in [6, 6.07) is 20.7. The first-order valence-corrected chi connectivity index (χ1v) is 10.0. The van der Waals surface area contributed by atoms with Gasteiger partial charge in [-0.25, -0.2) is 0 Å². The van der Waals surface area contributed by atoms with Gasteiger partial charge in [0.25, 0.3) is 5.91 Å². The number of hydrogen-bond donors (Lipinski definition) is 2. The van der Waals surface area contributed by atoms with E-state index in [1.165, 1.54) is 0 Å². The first kappa shape index (κ1) is 20.3. The topological polar surface area (TPSA) is 96.1 Å². The van der Waals surface area contributed by atoms with Crippen molar-refractivity contribution in [1.82, 2.24) is 4.90 Å². The Balaban J connectivity index is 1.35. The average molecular weight is 417 g/mol. The SMILES string of the molecule is NC(=O)c1ccc(Oc2ccc(C(=O)N3CCN(c4ccccc4O)CC3)cc2)cc1. The summed E-state index contributed by atoms with van der Waals surface area (Å²) in [5.74, 6) is 0.893. The van der Waals surface area contributed by atoms with Crippen molar-refractivity contribution in [2.45, 2.75) is 0 Å². The Bertz CT molecular complexity index is 1070. The second-order valence-corrected chi connectivity index (χ2v) is 7.28. The van der Waals surface area contributed by atoms with E-state index in [1.807, 2.05) is 17.0 Å². The van der Waals surface area contributed by atoms with Crippen molar-refractivity contribution in [1.29, 1.82) is 0 Å². The molecule has 0 aromatic heterocycles.